The van der Waals surface area contributed by atoms with Gasteiger partial charge in [0.05, 0.1) is 12.5 Å². The SMILES string of the molecule is N#CCC(=O)c1ccc2c(c1)CCC(=O)N2. The Bertz CT molecular complexity index is 500. The summed E-state index contributed by atoms with van der Waals surface area (Å²) in [6, 6.07) is 6.95. The second kappa shape index (κ2) is 4.15. The molecule has 0 bridgehead atoms. The Morgan fingerprint density at radius 1 is 1.44 bits per heavy atom. The van der Waals surface area contributed by atoms with E-state index in [9.17, 15) is 9.59 Å². The van der Waals surface area contributed by atoms with Crippen molar-refractivity contribution in [2.75, 3.05) is 5.32 Å². The Hall–Kier alpha value is -2.15. The third-order valence-electron chi connectivity index (χ3n) is 2.56. The quantitative estimate of drug-likeness (QED) is 0.761. The highest BCUT2D eigenvalue weighted by Crippen LogP contribution is 2.23. The molecule has 80 valence electrons. The molecule has 1 amide bonds. The first kappa shape index (κ1) is 10.4. The van der Waals surface area contributed by atoms with Crippen LogP contribution in [0.3, 0.4) is 0 Å². The first-order valence-electron chi connectivity index (χ1n) is 5.03. The summed E-state index contributed by atoms with van der Waals surface area (Å²) >= 11 is 0. The van der Waals surface area contributed by atoms with Crippen molar-refractivity contribution >= 4 is 17.4 Å². The summed E-state index contributed by atoms with van der Waals surface area (Å²) in [6.07, 6.45) is 0.989. The molecule has 16 heavy (non-hydrogen) atoms. The molecule has 0 unspecified atom stereocenters. The topological polar surface area (TPSA) is 70.0 Å². The van der Waals surface area contributed by atoms with Crippen LogP contribution >= 0.6 is 0 Å². The maximum atomic E-state index is 11.5. The number of hydrogen-bond donors (Lipinski definition) is 1. The van der Waals surface area contributed by atoms with Gasteiger partial charge < -0.3 is 5.32 Å². The van der Waals surface area contributed by atoms with Gasteiger partial charge >= 0.3 is 0 Å². The van der Waals surface area contributed by atoms with E-state index in [1.54, 1.807) is 18.2 Å². The van der Waals surface area contributed by atoms with Crippen molar-refractivity contribution < 1.29 is 9.59 Å². The van der Waals surface area contributed by atoms with E-state index in [1.807, 2.05) is 6.07 Å². The van der Waals surface area contributed by atoms with Crippen molar-refractivity contribution in [3.8, 4) is 6.07 Å². The fourth-order valence-corrected chi connectivity index (χ4v) is 1.73. The predicted molar refractivity (Wildman–Crippen MR) is 58.0 cm³/mol. The van der Waals surface area contributed by atoms with E-state index < -0.39 is 0 Å². The number of ketones is 1. The molecule has 1 heterocycles. The van der Waals surface area contributed by atoms with Gasteiger partial charge in [-0.25, -0.2) is 0 Å². The van der Waals surface area contributed by atoms with Gasteiger partial charge in [-0.05, 0) is 30.2 Å². The van der Waals surface area contributed by atoms with Gasteiger partial charge in [0.1, 0.15) is 0 Å². The monoisotopic (exact) mass is 214 g/mol. The lowest BCUT2D eigenvalue weighted by molar-refractivity contribution is -0.116. The van der Waals surface area contributed by atoms with Gasteiger partial charge in [0.2, 0.25) is 5.91 Å². The standard InChI is InChI=1S/C12H10N2O2/c13-6-5-11(15)9-1-3-10-8(7-9)2-4-12(16)14-10/h1,3,7H,2,4-5H2,(H,14,16). The number of rotatable bonds is 2. The van der Waals surface area contributed by atoms with E-state index in [1.165, 1.54) is 0 Å². The maximum Gasteiger partial charge on any atom is 0.224 e. The van der Waals surface area contributed by atoms with Crippen LogP contribution in [0.15, 0.2) is 18.2 Å². The zero-order valence-electron chi connectivity index (χ0n) is 8.62. The Morgan fingerprint density at radius 2 is 2.25 bits per heavy atom. The Balaban J connectivity index is 2.30. The number of nitrogens with one attached hydrogen (secondary N) is 1. The van der Waals surface area contributed by atoms with Crippen molar-refractivity contribution in [2.24, 2.45) is 0 Å². The predicted octanol–water partition coefficient (Wildman–Crippen LogP) is 1.67. The lowest BCUT2D eigenvalue weighted by Crippen LogP contribution is -2.19. The minimum absolute atomic E-state index is 0.00333. The van der Waals surface area contributed by atoms with Gasteiger partial charge in [-0.15, -0.1) is 0 Å². The molecule has 0 saturated carbocycles. The second-order valence-corrected chi connectivity index (χ2v) is 3.68. The summed E-state index contributed by atoms with van der Waals surface area (Å²) in [5, 5.41) is 11.2. The van der Waals surface area contributed by atoms with Crippen molar-refractivity contribution in [2.45, 2.75) is 19.3 Å². The molecule has 0 atom stereocenters. The Morgan fingerprint density at radius 3 is 3.00 bits per heavy atom. The van der Waals surface area contributed by atoms with Crippen LogP contribution in [0.4, 0.5) is 5.69 Å². The van der Waals surface area contributed by atoms with Crippen LogP contribution in [0.1, 0.15) is 28.8 Å². The molecule has 1 aliphatic heterocycles. The summed E-state index contributed by atoms with van der Waals surface area (Å²) in [6.45, 7) is 0. The molecule has 0 radical (unpaired) electrons. The average Bonchev–Trinajstić information content (AvgIpc) is 2.28. The Labute approximate surface area is 92.9 Å². The number of anilines is 1. The normalized spacial score (nSPS) is 13.6. The van der Waals surface area contributed by atoms with Crippen LogP contribution < -0.4 is 5.32 Å². The number of carbonyl (C=O) groups is 2. The van der Waals surface area contributed by atoms with E-state index >= 15 is 0 Å². The third-order valence-corrected chi connectivity index (χ3v) is 2.56. The molecule has 1 aromatic rings. The second-order valence-electron chi connectivity index (χ2n) is 3.68. The highest BCUT2D eigenvalue weighted by atomic mass is 16.1. The smallest absolute Gasteiger partial charge is 0.224 e. The molecule has 1 aromatic carbocycles. The first-order chi connectivity index (χ1) is 7.70. The van der Waals surface area contributed by atoms with Crippen LogP contribution in [0.2, 0.25) is 0 Å². The number of aryl methyl sites for hydroxylation is 1. The van der Waals surface area contributed by atoms with Gasteiger partial charge in [0.25, 0.3) is 0 Å². The lowest BCUT2D eigenvalue weighted by atomic mass is 9.98. The average molecular weight is 214 g/mol. The van der Waals surface area contributed by atoms with E-state index in [2.05, 4.69) is 5.32 Å². The number of fused-ring (bicyclic) bond motifs is 1. The largest absolute Gasteiger partial charge is 0.326 e. The molecular formula is C12H10N2O2. The fourth-order valence-electron chi connectivity index (χ4n) is 1.73. The van der Waals surface area contributed by atoms with Crippen molar-refractivity contribution in [3.05, 3.63) is 29.3 Å². The first-order valence-corrected chi connectivity index (χ1v) is 5.03. The van der Waals surface area contributed by atoms with Gasteiger partial charge in [0.15, 0.2) is 5.78 Å². The highest BCUT2D eigenvalue weighted by molar-refractivity contribution is 5.99. The Kier molecular flexibility index (Phi) is 2.69. The zero-order valence-corrected chi connectivity index (χ0v) is 8.62. The number of nitriles is 1. The van der Waals surface area contributed by atoms with Crippen LogP contribution in [-0.2, 0) is 11.2 Å². The molecule has 4 heteroatoms. The van der Waals surface area contributed by atoms with Gasteiger partial charge in [-0.1, -0.05) is 0 Å². The molecule has 0 spiro atoms. The molecule has 0 fully saturated rings. The molecule has 2 rings (SSSR count). The summed E-state index contributed by atoms with van der Waals surface area (Å²) in [5.74, 6) is -0.175. The molecule has 1 N–H and O–H groups in total. The van der Waals surface area contributed by atoms with E-state index in [0.717, 1.165) is 11.3 Å². The molecule has 0 saturated heterocycles. The number of benzene rings is 1. The highest BCUT2D eigenvalue weighted by Gasteiger charge is 2.16. The molecule has 0 aromatic heterocycles. The van der Waals surface area contributed by atoms with E-state index in [-0.39, 0.29) is 18.1 Å². The van der Waals surface area contributed by atoms with E-state index in [4.69, 9.17) is 5.26 Å². The van der Waals surface area contributed by atoms with Gasteiger partial charge in [-0.3, -0.25) is 9.59 Å². The van der Waals surface area contributed by atoms with Crippen molar-refractivity contribution in [1.29, 1.82) is 5.26 Å². The summed E-state index contributed by atoms with van der Waals surface area (Å²) in [7, 11) is 0. The van der Waals surface area contributed by atoms with Crippen molar-refractivity contribution in [3.63, 3.8) is 0 Å². The van der Waals surface area contributed by atoms with Gasteiger partial charge in [0, 0.05) is 17.7 Å². The fraction of sp³-hybridized carbons (Fsp3) is 0.250. The number of Topliss-reactive ketones (excluding diaryl/α,β-unsaturated/α-hetero) is 1. The maximum absolute atomic E-state index is 11.5. The van der Waals surface area contributed by atoms with Crippen LogP contribution in [0, 0.1) is 11.3 Å². The molecule has 1 aliphatic rings. The lowest BCUT2D eigenvalue weighted by Gasteiger charge is -2.16. The zero-order chi connectivity index (χ0) is 11.5. The van der Waals surface area contributed by atoms with Gasteiger partial charge in [-0.2, -0.15) is 5.26 Å². The minimum Gasteiger partial charge on any atom is -0.326 e. The van der Waals surface area contributed by atoms with Crippen LogP contribution in [0.5, 0.6) is 0 Å². The third kappa shape index (κ3) is 1.94. The van der Waals surface area contributed by atoms with Crippen LogP contribution in [-0.4, -0.2) is 11.7 Å². The number of amides is 1. The molecule has 4 nitrogen and oxygen atoms in total. The van der Waals surface area contributed by atoms with Crippen molar-refractivity contribution in [1.82, 2.24) is 0 Å². The summed E-state index contributed by atoms with van der Waals surface area (Å²) in [5.41, 5.74) is 2.27. The number of carbonyl (C=O) groups excluding carboxylic acids is 2. The van der Waals surface area contributed by atoms with E-state index in [0.29, 0.717) is 18.4 Å². The summed E-state index contributed by atoms with van der Waals surface area (Å²) in [4.78, 5) is 22.6. The molecular weight excluding hydrogens is 204 g/mol. The molecule has 0 aliphatic carbocycles. The number of hydrogen-bond acceptors (Lipinski definition) is 3. The summed E-state index contributed by atoms with van der Waals surface area (Å²) < 4.78 is 0. The minimum atomic E-state index is -0.179. The number of nitrogens with zero attached hydrogens (tertiary/aromatic N) is 1. The van der Waals surface area contributed by atoms with Crippen LogP contribution in [0.25, 0.3) is 0 Å².